The minimum absolute atomic E-state index is 0.111. The summed E-state index contributed by atoms with van der Waals surface area (Å²) in [6.07, 6.45) is 0.221. The molecule has 2 rings (SSSR count). The molecule has 118 valence electrons. The van der Waals surface area contributed by atoms with Gasteiger partial charge in [-0.3, -0.25) is 0 Å². The Morgan fingerprint density at radius 2 is 1.90 bits per heavy atom. The highest BCUT2D eigenvalue weighted by atomic mass is 16.5. The zero-order valence-corrected chi connectivity index (χ0v) is 13.5. The molecule has 1 N–H and O–H groups in total. The van der Waals surface area contributed by atoms with Crippen LogP contribution < -0.4 is 10.2 Å². The van der Waals surface area contributed by atoms with Crippen LogP contribution in [0.4, 0.5) is 5.82 Å². The summed E-state index contributed by atoms with van der Waals surface area (Å²) in [5.41, 5.74) is 1.07. The largest absolute Gasteiger partial charge is 0.377 e. The molecule has 2 atom stereocenters. The van der Waals surface area contributed by atoms with E-state index in [9.17, 15) is 0 Å². The second-order valence-corrected chi connectivity index (χ2v) is 5.97. The molecular weight excluding hydrogens is 266 g/mol. The fourth-order valence-corrected chi connectivity index (χ4v) is 2.61. The number of aromatic nitrogens is 1. The summed E-state index contributed by atoms with van der Waals surface area (Å²) in [6, 6.07) is 6.18. The third-order valence-electron chi connectivity index (χ3n) is 3.80. The molecule has 1 aromatic heterocycles. The van der Waals surface area contributed by atoms with E-state index in [2.05, 4.69) is 42.3 Å². The minimum atomic E-state index is 0.111. The third kappa shape index (κ3) is 4.40. The number of anilines is 1. The van der Waals surface area contributed by atoms with Crippen molar-refractivity contribution in [3.63, 3.8) is 0 Å². The van der Waals surface area contributed by atoms with Gasteiger partial charge in [-0.05, 0) is 24.6 Å². The van der Waals surface area contributed by atoms with Crippen molar-refractivity contribution >= 4 is 5.82 Å². The Hall–Kier alpha value is -1.17. The molecule has 1 aliphatic rings. The Labute approximate surface area is 127 Å². The predicted octanol–water partition coefficient (Wildman–Crippen LogP) is 1.68. The molecular formula is C16H27N3O2. The zero-order chi connectivity index (χ0) is 15.2. The van der Waals surface area contributed by atoms with E-state index in [4.69, 9.17) is 14.5 Å². The lowest BCUT2D eigenvalue weighted by Gasteiger charge is -2.17. The van der Waals surface area contributed by atoms with Gasteiger partial charge in [0.15, 0.2) is 0 Å². The monoisotopic (exact) mass is 293 g/mol. The Morgan fingerprint density at radius 3 is 2.48 bits per heavy atom. The van der Waals surface area contributed by atoms with Gasteiger partial charge < -0.3 is 19.7 Å². The van der Waals surface area contributed by atoms with E-state index < -0.39 is 0 Å². The molecule has 1 saturated heterocycles. The van der Waals surface area contributed by atoms with Crippen LogP contribution in [0.3, 0.4) is 0 Å². The molecule has 0 aromatic carbocycles. The van der Waals surface area contributed by atoms with Crippen molar-refractivity contribution in [3.05, 3.63) is 23.9 Å². The molecule has 5 nitrogen and oxygen atoms in total. The van der Waals surface area contributed by atoms with Crippen LogP contribution in [0.1, 0.15) is 19.5 Å². The van der Waals surface area contributed by atoms with Crippen molar-refractivity contribution in [3.8, 4) is 0 Å². The van der Waals surface area contributed by atoms with Crippen molar-refractivity contribution in [1.82, 2.24) is 10.3 Å². The molecule has 2 unspecified atom stereocenters. The van der Waals surface area contributed by atoms with Crippen LogP contribution in [0.15, 0.2) is 18.2 Å². The standard InChI is InChI=1S/C16H27N3O2/c1-12(2)8-17-9-13-6-5-7-16(18-13)19-10-14(20-3)15(11-19)21-4/h5-7,12,14-15,17H,8-11H2,1-4H3. The van der Waals surface area contributed by atoms with Gasteiger partial charge >= 0.3 is 0 Å². The normalized spacial score (nSPS) is 22.2. The number of hydrogen-bond acceptors (Lipinski definition) is 5. The van der Waals surface area contributed by atoms with Crippen LogP contribution in [-0.2, 0) is 16.0 Å². The fourth-order valence-electron chi connectivity index (χ4n) is 2.61. The van der Waals surface area contributed by atoms with E-state index in [1.54, 1.807) is 14.2 Å². The van der Waals surface area contributed by atoms with Crippen molar-refractivity contribution in [2.24, 2.45) is 5.92 Å². The number of hydrogen-bond donors (Lipinski definition) is 1. The maximum absolute atomic E-state index is 5.48. The third-order valence-corrected chi connectivity index (χ3v) is 3.80. The molecule has 5 heteroatoms. The van der Waals surface area contributed by atoms with Crippen LogP contribution in [0.25, 0.3) is 0 Å². The summed E-state index contributed by atoms with van der Waals surface area (Å²) in [5, 5.41) is 3.43. The van der Waals surface area contributed by atoms with Crippen LogP contribution >= 0.6 is 0 Å². The fraction of sp³-hybridized carbons (Fsp3) is 0.688. The Morgan fingerprint density at radius 1 is 1.24 bits per heavy atom. The van der Waals surface area contributed by atoms with Gasteiger partial charge in [-0.2, -0.15) is 0 Å². The van der Waals surface area contributed by atoms with E-state index in [1.807, 2.05) is 0 Å². The number of rotatable bonds is 7. The Balaban J connectivity index is 1.97. The van der Waals surface area contributed by atoms with Gasteiger partial charge in [-0.25, -0.2) is 4.98 Å². The van der Waals surface area contributed by atoms with Crippen molar-refractivity contribution in [2.45, 2.75) is 32.6 Å². The molecule has 1 aliphatic heterocycles. The lowest BCUT2D eigenvalue weighted by molar-refractivity contribution is -0.00461. The first-order chi connectivity index (χ1) is 10.1. The SMILES string of the molecule is COC1CN(c2cccc(CNCC(C)C)n2)CC1OC. The summed E-state index contributed by atoms with van der Waals surface area (Å²) in [4.78, 5) is 6.97. The van der Waals surface area contributed by atoms with Gasteiger partial charge in [-0.1, -0.05) is 19.9 Å². The smallest absolute Gasteiger partial charge is 0.129 e. The lowest BCUT2D eigenvalue weighted by Crippen LogP contribution is -2.27. The first kappa shape index (κ1) is 16.2. The van der Waals surface area contributed by atoms with Gasteiger partial charge in [0.05, 0.1) is 5.69 Å². The first-order valence-electron chi connectivity index (χ1n) is 7.61. The molecule has 0 radical (unpaired) electrons. The average Bonchev–Trinajstić information content (AvgIpc) is 2.90. The number of ether oxygens (including phenoxy) is 2. The van der Waals surface area contributed by atoms with Gasteiger partial charge in [0.2, 0.25) is 0 Å². The second kappa shape index (κ2) is 7.73. The zero-order valence-electron chi connectivity index (χ0n) is 13.5. The minimum Gasteiger partial charge on any atom is -0.377 e. The van der Waals surface area contributed by atoms with Crippen LogP contribution in [0, 0.1) is 5.92 Å². The highest BCUT2D eigenvalue weighted by Crippen LogP contribution is 2.21. The molecule has 21 heavy (non-hydrogen) atoms. The molecule has 0 saturated carbocycles. The molecule has 1 fully saturated rings. The maximum atomic E-state index is 5.48. The Kier molecular flexibility index (Phi) is 5.96. The quantitative estimate of drug-likeness (QED) is 0.829. The molecule has 1 aromatic rings. The maximum Gasteiger partial charge on any atom is 0.129 e. The summed E-state index contributed by atoms with van der Waals surface area (Å²) >= 11 is 0. The van der Waals surface area contributed by atoms with E-state index in [0.717, 1.165) is 37.7 Å². The van der Waals surface area contributed by atoms with Gasteiger partial charge in [0, 0.05) is 33.9 Å². The van der Waals surface area contributed by atoms with Crippen LogP contribution in [0.5, 0.6) is 0 Å². The van der Waals surface area contributed by atoms with E-state index in [0.29, 0.717) is 5.92 Å². The van der Waals surface area contributed by atoms with E-state index in [1.165, 1.54) is 0 Å². The lowest BCUT2D eigenvalue weighted by atomic mass is 10.2. The van der Waals surface area contributed by atoms with E-state index in [-0.39, 0.29) is 12.2 Å². The number of methoxy groups -OCH3 is 2. The van der Waals surface area contributed by atoms with Crippen molar-refractivity contribution < 1.29 is 9.47 Å². The van der Waals surface area contributed by atoms with Crippen LogP contribution in [0.2, 0.25) is 0 Å². The topological polar surface area (TPSA) is 46.6 Å². The molecule has 0 spiro atoms. The van der Waals surface area contributed by atoms with Gasteiger partial charge in [0.1, 0.15) is 18.0 Å². The predicted molar refractivity (Wildman–Crippen MR) is 84.6 cm³/mol. The number of nitrogens with one attached hydrogen (secondary N) is 1. The Bertz CT molecular complexity index is 427. The average molecular weight is 293 g/mol. The summed E-state index contributed by atoms with van der Waals surface area (Å²) in [5.74, 6) is 1.65. The second-order valence-electron chi connectivity index (χ2n) is 5.97. The summed E-state index contributed by atoms with van der Waals surface area (Å²) in [7, 11) is 3.47. The van der Waals surface area contributed by atoms with E-state index >= 15 is 0 Å². The summed E-state index contributed by atoms with van der Waals surface area (Å²) in [6.45, 7) is 7.87. The van der Waals surface area contributed by atoms with Crippen molar-refractivity contribution in [1.29, 1.82) is 0 Å². The molecule has 0 aliphatic carbocycles. The van der Waals surface area contributed by atoms with Gasteiger partial charge in [0.25, 0.3) is 0 Å². The summed E-state index contributed by atoms with van der Waals surface area (Å²) < 4.78 is 11.0. The van der Waals surface area contributed by atoms with Crippen LogP contribution in [-0.4, -0.2) is 51.0 Å². The number of nitrogens with zero attached hydrogens (tertiary/aromatic N) is 2. The molecule has 2 heterocycles. The highest BCUT2D eigenvalue weighted by molar-refractivity contribution is 5.41. The van der Waals surface area contributed by atoms with Crippen molar-refractivity contribution in [2.75, 3.05) is 38.8 Å². The highest BCUT2D eigenvalue weighted by Gasteiger charge is 2.33. The number of pyridine rings is 1. The first-order valence-corrected chi connectivity index (χ1v) is 7.61. The molecule has 0 bridgehead atoms. The molecule has 0 amide bonds. The van der Waals surface area contributed by atoms with Gasteiger partial charge in [-0.15, -0.1) is 0 Å².